The molecule has 166 valence electrons. The van der Waals surface area contributed by atoms with E-state index in [2.05, 4.69) is 60.1 Å². The van der Waals surface area contributed by atoms with Gasteiger partial charge in [0.25, 0.3) is 0 Å². The Hall–Kier alpha value is -2.21. The Morgan fingerprint density at radius 2 is 1.68 bits per heavy atom. The number of aromatic nitrogens is 2. The number of carbonyl (C=O) groups is 1. The van der Waals surface area contributed by atoms with Gasteiger partial charge in [0.1, 0.15) is 5.01 Å². The molecule has 0 atom stereocenters. The monoisotopic (exact) mass is 438 g/mol. The molecule has 1 aromatic carbocycles. The van der Waals surface area contributed by atoms with E-state index >= 15 is 0 Å². The Morgan fingerprint density at radius 1 is 1.00 bits per heavy atom. The van der Waals surface area contributed by atoms with Gasteiger partial charge in [0.05, 0.1) is 0 Å². The highest BCUT2D eigenvalue weighted by atomic mass is 32.1. The number of piperazine rings is 1. The van der Waals surface area contributed by atoms with Crippen LogP contribution in [0.2, 0.25) is 0 Å². The van der Waals surface area contributed by atoms with Gasteiger partial charge in [0, 0.05) is 38.2 Å². The molecule has 31 heavy (non-hydrogen) atoms. The molecule has 1 aliphatic heterocycles. The summed E-state index contributed by atoms with van der Waals surface area (Å²) in [7, 11) is 0. The first-order valence-corrected chi connectivity index (χ1v) is 12.4. The average Bonchev–Trinajstić information content (AvgIpc) is 3.28. The fourth-order valence-corrected chi connectivity index (χ4v) is 5.42. The van der Waals surface area contributed by atoms with Crippen LogP contribution in [0.3, 0.4) is 0 Å². The first kappa shape index (κ1) is 22.0. The Bertz CT molecular complexity index is 898. The molecule has 2 aliphatic rings. The van der Waals surface area contributed by atoms with Gasteiger partial charge < -0.3 is 9.80 Å². The fraction of sp³-hybridized carbons (Fsp3) is 0.560. The molecule has 1 saturated carbocycles. The third-order valence-corrected chi connectivity index (χ3v) is 7.59. The van der Waals surface area contributed by atoms with Crippen LogP contribution in [-0.4, -0.2) is 47.2 Å². The maximum absolute atomic E-state index is 12.6. The summed E-state index contributed by atoms with van der Waals surface area (Å²) in [5.74, 6) is 0.685. The highest BCUT2D eigenvalue weighted by molar-refractivity contribution is 7.15. The zero-order chi connectivity index (χ0) is 21.8. The summed E-state index contributed by atoms with van der Waals surface area (Å²) in [4.78, 5) is 16.9. The third kappa shape index (κ3) is 5.53. The van der Waals surface area contributed by atoms with Crippen LogP contribution in [0, 0.1) is 0 Å². The molecule has 1 amide bonds. The number of hydrogen-bond acceptors (Lipinski definition) is 5. The van der Waals surface area contributed by atoms with Gasteiger partial charge in [-0.25, -0.2) is 0 Å². The molecule has 0 unspecified atom stereocenters. The molecule has 0 bridgehead atoms. The average molecular weight is 439 g/mol. The van der Waals surface area contributed by atoms with Crippen LogP contribution in [0.15, 0.2) is 30.3 Å². The lowest BCUT2D eigenvalue weighted by molar-refractivity contribution is -0.126. The van der Waals surface area contributed by atoms with Crippen LogP contribution in [0.5, 0.6) is 0 Å². The molecule has 0 N–H and O–H groups in total. The second kappa shape index (κ2) is 9.51. The van der Waals surface area contributed by atoms with E-state index in [-0.39, 0.29) is 11.3 Å². The second-order valence-corrected chi connectivity index (χ2v) is 10.8. The minimum Gasteiger partial charge on any atom is -0.343 e. The van der Waals surface area contributed by atoms with Gasteiger partial charge in [0.2, 0.25) is 11.0 Å². The van der Waals surface area contributed by atoms with E-state index in [1.54, 1.807) is 17.4 Å². The summed E-state index contributed by atoms with van der Waals surface area (Å²) in [6.07, 6.45) is 10.1. The van der Waals surface area contributed by atoms with Gasteiger partial charge in [-0.1, -0.05) is 75.6 Å². The van der Waals surface area contributed by atoms with Crippen molar-refractivity contribution in [2.75, 3.05) is 31.1 Å². The van der Waals surface area contributed by atoms with Gasteiger partial charge >= 0.3 is 0 Å². The normalized spacial score (nSPS) is 18.7. The Balaban J connectivity index is 1.29. The largest absolute Gasteiger partial charge is 0.343 e. The quantitative estimate of drug-likeness (QED) is 0.612. The van der Waals surface area contributed by atoms with E-state index in [0.29, 0.717) is 5.92 Å². The summed E-state index contributed by atoms with van der Waals surface area (Å²) >= 11 is 1.75. The molecule has 1 aliphatic carbocycles. The lowest BCUT2D eigenvalue weighted by Crippen LogP contribution is -2.48. The summed E-state index contributed by atoms with van der Waals surface area (Å²) in [6, 6.07) is 8.46. The zero-order valence-electron chi connectivity index (χ0n) is 19.0. The van der Waals surface area contributed by atoms with E-state index in [0.717, 1.165) is 36.9 Å². The first-order valence-electron chi connectivity index (χ1n) is 11.6. The van der Waals surface area contributed by atoms with Crippen molar-refractivity contribution < 1.29 is 4.79 Å². The smallest absolute Gasteiger partial charge is 0.246 e. The van der Waals surface area contributed by atoms with Gasteiger partial charge in [-0.3, -0.25) is 4.79 Å². The molecular formula is C25H34N4OS. The van der Waals surface area contributed by atoms with Gasteiger partial charge in [-0.15, -0.1) is 10.2 Å². The predicted molar refractivity (Wildman–Crippen MR) is 129 cm³/mol. The number of nitrogens with zero attached hydrogens (tertiary/aromatic N) is 4. The maximum atomic E-state index is 12.6. The molecule has 1 aromatic heterocycles. The summed E-state index contributed by atoms with van der Waals surface area (Å²) in [5.41, 5.74) is 2.50. The second-order valence-electron chi connectivity index (χ2n) is 9.78. The molecule has 4 rings (SSSR count). The van der Waals surface area contributed by atoms with E-state index in [4.69, 9.17) is 0 Å². The minimum absolute atomic E-state index is 0.0831. The van der Waals surface area contributed by atoms with Gasteiger partial charge in [-0.2, -0.15) is 0 Å². The molecule has 2 aromatic rings. The summed E-state index contributed by atoms with van der Waals surface area (Å²) < 4.78 is 0. The number of anilines is 1. The third-order valence-electron chi connectivity index (χ3n) is 6.44. The van der Waals surface area contributed by atoms with Gasteiger partial charge in [0.15, 0.2) is 0 Å². The van der Waals surface area contributed by atoms with E-state index < -0.39 is 0 Å². The van der Waals surface area contributed by atoms with Crippen LogP contribution in [0.25, 0.3) is 6.08 Å². The lowest BCUT2D eigenvalue weighted by atomic mass is 9.87. The van der Waals surface area contributed by atoms with Crippen LogP contribution in [-0.2, 0) is 10.2 Å². The van der Waals surface area contributed by atoms with Gasteiger partial charge in [-0.05, 0) is 35.5 Å². The molecule has 2 heterocycles. The van der Waals surface area contributed by atoms with E-state index in [9.17, 15) is 4.79 Å². The maximum Gasteiger partial charge on any atom is 0.246 e. The SMILES string of the molecule is CC(C)(C)c1ccc(/C=C/C(=O)N2CCN(c3nnc(C4CCCCC4)s3)CC2)cc1. The van der Waals surface area contributed by atoms with Crippen molar-refractivity contribution in [3.63, 3.8) is 0 Å². The van der Waals surface area contributed by atoms with Crippen LogP contribution in [0.1, 0.15) is 74.9 Å². The number of hydrogen-bond donors (Lipinski definition) is 0. The lowest BCUT2D eigenvalue weighted by Gasteiger charge is -2.33. The van der Waals surface area contributed by atoms with Crippen LogP contribution >= 0.6 is 11.3 Å². The summed E-state index contributed by atoms with van der Waals surface area (Å²) in [5, 5.41) is 11.2. The van der Waals surface area contributed by atoms with E-state index in [1.807, 2.05) is 11.0 Å². The molecule has 0 radical (unpaired) electrons. The van der Waals surface area contributed by atoms with Crippen molar-refractivity contribution in [1.29, 1.82) is 0 Å². The first-order chi connectivity index (χ1) is 14.9. The van der Waals surface area contributed by atoms with Crippen LogP contribution in [0.4, 0.5) is 5.13 Å². The van der Waals surface area contributed by atoms with E-state index in [1.165, 1.54) is 42.7 Å². The number of benzene rings is 1. The molecule has 1 saturated heterocycles. The number of carbonyl (C=O) groups excluding carboxylic acids is 1. The van der Waals surface area contributed by atoms with Crippen molar-refractivity contribution in [3.8, 4) is 0 Å². The zero-order valence-corrected chi connectivity index (χ0v) is 19.8. The van der Waals surface area contributed by atoms with Crippen molar-refractivity contribution in [1.82, 2.24) is 15.1 Å². The fourth-order valence-electron chi connectivity index (χ4n) is 4.35. The Kier molecular flexibility index (Phi) is 6.75. The highest BCUT2D eigenvalue weighted by Gasteiger charge is 2.25. The minimum atomic E-state index is 0.0831. The topological polar surface area (TPSA) is 49.3 Å². The highest BCUT2D eigenvalue weighted by Crippen LogP contribution is 2.36. The predicted octanol–water partition coefficient (Wildman–Crippen LogP) is 5.25. The van der Waals surface area contributed by atoms with Crippen LogP contribution < -0.4 is 4.90 Å². The Labute approximate surface area is 190 Å². The van der Waals surface area contributed by atoms with Crippen molar-refractivity contribution in [2.24, 2.45) is 0 Å². The molecule has 5 nitrogen and oxygen atoms in total. The molecule has 2 fully saturated rings. The van der Waals surface area contributed by atoms with Crippen molar-refractivity contribution in [2.45, 2.75) is 64.2 Å². The standard InChI is InChI=1S/C25H34N4OS/c1-25(2,3)21-12-9-19(10-13-21)11-14-22(30)28-15-17-29(18-16-28)24-27-26-23(31-24)20-7-5-4-6-8-20/h9-14,20H,4-8,15-18H2,1-3H3/b14-11+. The number of rotatable bonds is 4. The number of amides is 1. The van der Waals surface area contributed by atoms with Crippen molar-refractivity contribution in [3.05, 3.63) is 46.5 Å². The Morgan fingerprint density at radius 3 is 2.32 bits per heavy atom. The molecule has 6 heteroatoms. The molecular weight excluding hydrogens is 404 g/mol. The van der Waals surface area contributed by atoms with Crippen molar-refractivity contribution >= 4 is 28.5 Å². The summed E-state index contributed by atoms with van der Waals surface area (Å²) in [6.45, 7) is 9.71. The molecule has 0 spiro atoms.